The van der Waals surface area contributed by atoms with Gasteiger partial charge in [0.25, 0.3) is 0 Å². The number of carbonyl (C=O) groups is 2. The Morgan fingerprint density at radius 2 is 1.93 bits per heavy atom. The number of benzene rings is 2. The Morgan fingerprint density at radius 1 is 1.11 bits per heavy atom. The Bertz CT molecular complexity index is 966. The standard InChI is InChI=1S/C19H17N5O3/c25-18(13-9-10-13)20-15-6-4-5-14(11-15)19(26)27-12-17-21-22-23-24(17)16-7-2-1-3-8-16/h1-8,11,13H,9-10,12H2,(H,20,25). The highest BCUT2D eigenvalue weighted by molar-refractivity contribution is 5.96. The molecule has 1 saturated carbocycles. The molecular weight excluding hydrogens is 346 g/mol. The van der Waals surface area contributed by atoms with Crippen LogP contribution in [-0.4, -0.2) is 32.1 Å². The molecule has 0 spiro atoms. The number of carbonyl (C=O) groups excluding carboxylic acids is 2. The molecule has 2 aromatic carbocycles. The topological polar surface area (TPSA) is 99.0 Å². The van der Waals surface area contributed by atoms with Crippen LogP contribution in [0.5, 0.6) is 0 Å². The van der Waals surface area contributed by atoms with Crippen molar-refractivity contribution in [2.45, 2.75) is 19.4 Å². The summed E-state index contributed by atoms with van der Waals surface area (Å²) < 4.78 is 6.85. The normalized spacial score (nSPS) is 13.2. The number of esters is 1. The summed E-state index contributed by atoms with van der Waals surface area (Å²) in [5.74, 6) is -0.0205. The third-order valence-electron chi connectivity index (χ3n) is 4.18. The van der Waals surface area contributed by atoms with E-state index in [-0.39, 0.29) is 18.4 Å². The second-order valence-electron chi connectivity index (χ2n) is 6.26. The van der Waals surface area contributed by atoms with Crippen LogP contribution in [0.15, 0.2) is 54.6 Å². The summed E-state index contributed by atoms with van der Waals surface area (Å²) in [5, 5.41) is 14.3. The van der Waals surface area contributed by atoms with Gasteiger partial charge in [-0.25, -0.2) is 4.79 Å². The molecule has 1 amide bonds. The predicted molar refractivity (Wildman–Crippen MR) is 96.1 cm³/mol. The fraction of sp³-hybridized carbons (Fsp3) is 0.211. The van der Waals surface area contributed by atoms with Crippen molar-refractivity contribution in [3.05, 3.63) is 66.0 Å². The molecule has 1 aliphatic rings. The van der Waals surface area contributed by atoms with Crippen LogP contribution in [0.2, 0.25) is 0 Å². The average molecular weight is 363 g/mol. The van der Waals surface area contributed by atoms with Gasteiger partial charge >= 0.3 is 5.97 Å². The lowest BCUT2D eigenvalue weighted by Crippen LogP contribution is -2.14. The number of ether oxygens (including phenoxy) is 1. The van der Waals surface area contributed by atoms with Gasteiger partial charge in [-0.3, -0.25) is 4.79 Å². The number of anilines is 1. The molecule has 1 aliphatic carbocycles. The fourth-order valence-electron chi connectivity index (χ4n) is 2.59. The molecule has 1 aromatic heterocycles. The van der Waals surface area contributed by atoms with E-state index in [0.29, 0.717) is 17.1 Å². The third kappa shape index (κ3) is 4.00. The summed E-state index contributed by atoms with van der Waals surface area (Å²) in [6.07, 6.45) is 1.84. The van der Waals surface area contributed by atoms with Gasteiger partial charge in [-0.2, -0.15) is 4.68 Å². The van der Waals surface area contributed by atoms with E-state index in [1.165, 1.54) is 4.68 Å². The Labute approximate surface area is 155 Å². The first-order valence-electron chi connectivity index (χ1n) is 8.61. The van der Waals surface area contributed by atoms with E-state index in [1.54, 1.807) is 24.3 Å². The third-order valence-corrected chi connectivity index (χ3v) is 4.18. The molecule has 0 bridgehead atoms. The monoisotopic (exact) mass is 363 g/mol. The molecule has 0 radical (unpaired) electrons. The predicted octanol–water partition coefficient (Wildman–Crippen LogP) is 2.37. The number of hydrogen-bond acceptors (Lipinski definition) is 6. The van der Waals surface area contributed by atoms with Gasteiger partial charge in [-0.1, -0.05) is 24.3 Å². The first-order chi connectivity index (χ1) is 13.2. The molecule has 0 aliphatic heterocycles. The molecule has 27 heavy (non-hydrogen) atoms. The van der Waals surface area contributed by atoms with Crippen molar-refractivity contribution >= 4 is 17.6 Å². The molecule has 8 nitrogen and oxygen atoms in total. The summed E-state index contributed by atoms with van der Waals surface area (Å²) in [5.41, 5.74) is 1.70. The first kappa shape index (κ1) is 16.9. The molecule has 3 aromatic rings. The Hall–Kier alpha value is -3.55. The van der Waals surface area contributed by atoms with Gasteiger partial charge in [0.2, 0.25) is 5.91 Å². The Balaban J connectivity index is 1.42. The van der Waals surface area contributed by atoms with Crippen LogP contribution in [0.1, 0.15) is 29.0 Å². The molecule has 136 valence electrons. The minimum Gasteiger partial charge on any atom is -0.454 e. The van der Waals surface area contributed by atoms with Crippen molar-refractivity contribution in [1.82, 2.24) is 20.2 Å². The minimum absolute atomic E-state index is 0.0115. The number of para-hydroxylation sites is 1. The van der Waals surface area contributed by atoms with Crippen molar-refractivity contribution in [3.8, 4) is 5.69 Å². The molecule has 1 fully saturated rings. The lowest BCUT2D eigenvalue weighted by molar-refractivity contribution is -0.117. The van der Waals surface area contributed by atoms with Gasteiger partial charge in [0.15, 0.2) is 12.4 Å². The summed E-state index contributed by atoms with van der Waals surface area (Å²) >= 11 is 0. The van der Waals surface area contributed by atoms with Crippen LogP contribution in [0, 0.1) is 5.92 Å². The number of nitrogens with zero attached hydrogens (tertiary/aromatic N) is 4. The lowest BCUT2D eigenvalue weighted by atomic mass is 10.2. The maximum absolute atomic E-state index is 12.4. The van der Waals surface area contributed by atoms with E-state index in [4.69, 9.17) is 4.74 Å². The van der Waals surface area contributed by atoms with E-state index in [9.17, 15) is 9.59 Å². The second kappa shape index (κ2) is 7.36. The molecule has 0 unspecified atom stereocenters. The number of aromatic nitrogens is 4. The molecule has 4 rings (SSSR count). The van der Waals surface area contributed by atoms with Crippen molar-refractivity contribution in [2.75, 3.05) is 5.32 Å². The van der Waals surface area contributed by atoms with Gasteiger partial charge in [0.1, 0.15) is 0 Å². The van der Waals surface area contributed by atoms with Gasteiger partial charge in [0, 0.05) is 11.6 Å². The number of nitrogens with one attached hydrogen (secondary N) is 1. The van der Waals surface area contributed by atoms with Crippen molar-refractivity contribution < 1.29 is 14.3 Å². The van der Waals surface area contributed by atoms with Crippen LogP contribution < -0.4 is 5.32 Å². The Kier molecular flexibility index (Phi) is 4.61. The van der Waals surface area contributed by atoms with Crippen LogP contribution >= 0.6 is 0 Å². The number of hydrogen-bond donors (Lipinski definition) is 1. The van der Waals surface area contributed by atoms with Crippen molar-refractivity contribution in [3.63, 3.8) is 0 Å². The van der Waals surface area contributed by atoms with Crippen LogP contribution in [0.25, 0.3) is 5.69 Å². The highest BCUT2D eigenvalue weighted by Crippen LogP contribution is 2.30. The van der Waals surface area contributed by atoms with Gasteiger partial charge < -0.3 is 10.1 Å². The zero-order valence-electron chi connectivity index (χ0n) is 14.4. The van der Waals surface area contributed by atoms with Crippen LogP contribution in [0.3, 0.4) is 0 Å². The molecule has 1 N–H and O–H groups in total. The average Bonchev–Trinajstić information content (AvgIpc) is 3.45. The highest BCUT2D eigenvalue weighted by Gasteiger charge is 2.29. The maximum Gasteiger partial charge on any atom is 0.338 e. The number of amides is 1. The maximum atomic E-state index is 12.4. The molecule has 8 heteroatoms. The summed E-state index contributed by atoms with van der Waals surface area (Å²) in [7, 11) is 0. The summed E-state index contributed by atoms with van der Waals surface area (Å²) in [6, 6.07) is 16.0. The van der Waals surface area contributed by atoms with E-state index in [0.717, 1.165) is 18.5 Å². The van der Waals surface area contributed by atoms with Gasteiger partial charge in [-0.15, -0.1) is 5.10 Å². The van der Waals surface area contributed by atoms with E-state index in [2.05, 4.69) is 20.8 Å². The van der Waals surface area contributed by atoms with E-state index in [1.807, 2.05) is 30.3 Å². The van der Waals surface area contributed by atoms with E-state index < -0.39 is 5.97 Å². The first-order valence-corrected chi connectivity index (χ1v) is 8.61. The lowest BCUT2D eigenvalue weighted by Gasteiger charge is -2.08. The fourth-order valence-corrected chi connectivity index (χ4v) is 2.59. The number of rotatable bonds is 6. The van der Waals surface area contributed by atoms with Gasteiger partial charge in [0.05, 0.1) is 11.3 Å². The molecule has 0 atom stereocenters. The molecule has 0 saturated heterocycles. The zero-order valence-corrected chi connectivity index (χ0v) is 14.4. The zero-order chi connectivity index (χ0) is 18.6. The van der Waals surface area contributed by atoms with E-state index >= 15 is 0 Å². The number of tetrazole rings is 1. The SMILES string of the molecule is O=C(OCc1nnnn1-c1ccccc1)c1cccc(NC(=O)C2CC2)c1. The molecule has 1 heterocycles. The Morgan fingerprint density at radius 3 is 2.70 bits per heavy atom. The van der Waals surface area contributed by atoms with Crippen molar-refractivity contribution in [2.24, 2.45) is 5.92 Å². The highest BCUT2D eigenvalue weighted by atomic mass is 16.5. The van der Waals surface area contributed by atoms with Gasteiger partial charge in [-0.05, 0) is 53.6 Å². The largest absolute Gasteiger partial charge is 0.454 e. The van der Waals surface area contributed by atoms with Crippen LogP contribution in [-0.2, 0) is 16.1 Å². The van der Waals surface area contributed by atoms with Crippen molar-refractivity contribution in [1.29, 1.82) is 0 Å². The molecular formula is C19H17N5O3. The summed E-state index contributed by atoms with van der Waals surface area (Å²) in [6.45, 7) is -0.0701. The quantitative estimate of drug-likeness (QED) is 0.675. The van der Waals surface area contributed by atoms with Crippen LogP contribution in [0.4, 0.5) is 5.69 Å². The second-order valence-corrected chi connectivity index (χ2v) is 6.26. The minimum atomic E-state index is -0.514. The summed E-state index contributed by atoms with van der Waals surface area (Å²) in [4.78, 5) is 24.2. The smallest absolute Gasteiger partial charge is 0.338 e.